The molecule has 0 amide bonds. The average Bonchev–Trinajstić information content (AvgIpc) is 2.63. The van der Waals surface area contributed by atoms with Crippen molar-refractivity contribution in [3.8, 4) is 11.5 Å². The Morgan fingerprint density at radius 3 is 2.53 bits per heavy atom. The summed E-state index contributed by atoms with van der Waals surface area (Å²) in [4.78, 5) is 2.21. The number of hydrogen-bond donors (Lipinski definition) is 1. The molecule has 0 bridgehead atoms. The van der Waals surface area contributed by atoms with Gasteiger partial charge in [-0.15, -0.1) is 0 Å². The largest absolute Gasteiger partial charge is 0.490 e. The maximum absolute atomic E-state index is 5.83. The smallest absolute Gasteiger partial charge is 0.161 e. The van der Waals surface area contributed by atoms with Crippen molar-refractivity contribution in [2.24, 2.45) is 11.7 Å². The molecule has 0 aliphatic carbocycles. The lowest BCUT2D eigenvalue weighted by Gasteiger charge is -2.30. The van der Waals surface area contributed by atoms with Gasteiger partial charge in [0, 0.05) is 12.5 Å². The Bertz CT molecular complexity index is 421. The third-order valence-corrected chi connectivity index (χ3v) is 3.58. The third-order valence-electron chi connectivity index (χ3n) is 3.58. The molecular weight excluding hydrogens is 240 g/mol. The molecule has 0 aromatic heterocycles. The zero-order valence-electron chi connectivity index (χ0n) is 12.1. The summed E-state index contributed by atoms with van der Waals surface area (Å²) in [6, 6.07) is 6.51. The zero-order chi connectivity index (χ0) is 13.8. The summed E-state index contributed by atoms with van der Waals surface area (Å²) >= 11 is 0. The molecule has 0 fully saturated rings. The molecule has 0 spiro atoms. The molecule has 1 aromatic carbocycles. The predicted molar refractivity (Wildman–Crippen MR) is 76.7 cm³/mol. The minimum Gasteiger partial charge on any atom is -0.490 e. The van der Waals surface area contributed by atoms with Gasteiger partial charge in [-0.2, -0.15) is 0 Å². The SMILES string of the molecule is CC(CN)C(c1ccc2c(c1)OCCCO2)N(C)C. The summed E-state index contributed by atoms with van der Waals surface area (Å²) in [7, 11) is 4.17. The van der Waals surface area contributed by atoms with E-state index in [-0.39, 0.29) is 0 Å². The first-order valence-corrected chi connectivity index (χ1v) is 6.89. The van der Waals surface area contributed by atoms with Crippen LogP contribution in [0, 0.1) is 5.92 Å². The number of nitrogens with two attached hydrogens (primary N) is 1. The molecule has 2 N–H and O–H groups in total. The molecular formula is C15H24N2O2. The average molecular weight is 264 g/mol. The van der Waals surface area contributed by atoms with Crippen LogP contribution in [0.5, 0.6) is 11.5 Å². The Hall–Kier alpha value is -1.26. The van der Waals surface area contributed by atoms with E-state index < -0.39 is 0 Å². The highest BCUT2D eigenvalue weighted by molar-refractivity contribution is 5.44. The van der Waals surface area contributed by atoms with Crippen molar-refractivity contribution < 1.29 is 9.47 Å². The molecule has 1 aliphatic rings. The standard InChI is InChI=1S/C15H24N2O2/c1-11(10-16)15(17(2)3)12-5-6-13-14(9-12)19-8-4-7-18-13/h5-6,9,11,15H,4,7-8,10,16H2,1-3H3. The maximum Gasteiger partial charge on any atom is 0.161 e. The second kappa shape index (κ2) is 6.26. The van der Waals surface area contributed by atoms with E-state index in [1.54, 1.807) is 0 Å². The van der Waals surface area contributed by atoms with Gasteiger partial charge < -0.3 is 20.1 Å². The predicted octanol–water partition coefficient (Wildman–Crippen LogP) is 2.05. The molecule has 1 aliphatic heterocycles. The van der Waals surface area contributed by atoms with Crippen LogP contribution in [0.25, 0.3) is 0 Å². The summed E-state index contributed by atoms with van der Waals surface area (Å²) < 4.78 is 11.4. The number of fused-ring (bicyclic) bond motifs is 1. The molecule has 0 saturated carbocycles. The third kappa shape index (κ3) is 3.19. The summed E-state index contributed by atoms with van der Waals surface area (Å²) in [5.74, 6) is 2.09. The lowest BCUT2D eigenvalue weighted by atomic mass is 9.93. The highest BCUT2D eigenvalue weighted by atomic mass is 16.5. The van der Waals surface area contributed by atoms with E-state index in [0.717, 1.165) is 31.1 Å². The minimum absolute atomic E-state index is 0.294. The Morgan fingerprint density at radius 2 is 1.89 bits per heavy atom. The number of nitrogens with zero attached hydrogens (tertiary/aromatic N) is 1. The Kier molecular flexibility index (Phi) is 4.66. The Morgan fingerprint density at radius 1 is 1.21 bits per heavy atom. The van der Waals surface area contributed by atoms with Crippen LogP contribution in [0.3, 0.4) is 0 Å². The number of rotatable bonds is 4. The van der Waals surface area contributed by atoms with Gasteiger partial charge in [0.15, 0.2) is 11.5 Å². The molecule has 106 valence electrons. The van der Waals surface area contributed by atoms with Crippen molar-refractivity contribution >= 4 is 0 Å². The van der Waals surface area contributed by atoms with Crippen molar-refractivity contribution in [3.63, 3.8) is 0 Å². The van der Waals surface area contributed by atoms with Gasteiger partial charge in [0.1, 0.15) is 0 Å². The molecule has 1 heterocycles. The summed E-state index contributed by atoms with van der Waals surface area (Å²) in [6.45, 7) is 4.28. The maximum atomic E-state index is 5.83. The van der Waals surface area contributed by atoms with Crippen LogP contribution in [-0.2, 0) is 0 Å². The van der Waals surface area contributed by atoms with Gasteiger partial charge in [0.2, 0.25) is 0 Å². The topological polar surface area (TPSA) is 47.7 Å². The Labute approximate surface area is 115 Å². The quantitative estimate of drug-likeness (QED) is 0.904. The fraction of sp³-hybridized carbons (Fsp3) is 0.600. The van der Waals surface area contributed by atoms with Crippen LogP contribution in [0.4, 0.5) is 0 Å². The van der Waals surface area contributed by atoms with Crippen molar-refractivity contribution in [1.29, 1.82) is 0 Å². The van der Waals surface area contributed by atoms with Crippen molar-refractivity contribution in [1.82, 2.24) is 4.90 Å². The molecule has 1 aromatic rings. The number of hydrogen-bond acceptors (Lipinski definition) is 4. The molecule has 4 heteroatoms. The van der Waals surface area contributed by atoms with E-state index in [9.17, 15) is 0 Å². The van der Waals surface area contributed by atoms with Gasteiger partial charge in [-0.05, 0) is 44.3 Å². The van der Waals surface area contributed by atoms with E-state index in [1.807, 2.05) is 6.07 Å². The van der Waals surface area contributed by atoms with Crippen LogP contribution in [-0.4, -0.2) is 38.8 Å². The van der Waals surface area contributed by atoms with E-state index in [0.29, 0.717) is 18.5 Å². The summed E-state index contributed by atoms with van der Waals surface area (Å²) in [6.07, 6.45) is 0.931. The van der Waals surface area contributed by atoms with E-state index >= 15 is 0 Å². The zero-order valence-corrected chi connectivity index (χ0v) is 12.1. The molecule has 2 atom stereocenters. The van der Waals surface area contributed by atoms with Gasteiger partial charge in [0.05, 0.1) is 13.2 Å². The molecule has 2 unspecified atom stereocenters. The Balaban J connectivity index is 2.30. The second-order valence-corrected chi connectivity index (χ2v) is 5.38. The van der Waals surface area contributed by atoms with Crippen LogP contribution < -0.4 is 15.2 Å². The fourth-order valence-corrected chi connectivity index (χ4v) is 2.63. The van der Waals surface area contributed by atoms with Crippen molar-refractivity contribution in [2.45, 2.75) is 19.4 Å². The molecule has 0 saturated heterocycles. The summed E-state index contributed by atoms with van der Waals surface area (Å²) in [5, 5.41) is 0. The molecule has 0 radical (unpaired) electrons. The van der Waals surface area contributed by atoms with Crippen LogP contribution in [0.1, 0.15) is 24.9 Å². The van der Waals surface area contributed by atoms with Gasteiger partial charge in [-0.25, -0.2) is 0 Å². The van der Waals surface area contributed by atoms with Gasteiger partial charge in [-0.3, -0.25) is 0 Å². The highest BCUT2D eigenvalue weighted by Crippen LogP contribution is 2.35. The first kappa shape index (κ1) is 14.2. The summed E-state index contributed by atoms with van der Waals surface area (Å²) in [5.41, 5.74) is 7.06. The van der Waals surface area contributed by atoms with Gasteiger partial charge in [-0.1, -0.05) is 13.0 Å². The van der Waals surface area contributed by atoms with E-state index in [2.05, 4.69) is 38.1 Å². The first-order valence-electron chi connectivity index (χ1n) is 6.89. The molecule has 19 heavy (non-hydrogen) atoms. The lowest BCUT2D eigenvalue weighted by molar-refractivity contribution is 0.226. The second-order valence-electron chi connectivity index (χ2n) is 5.38. The monoisotopic (exact) mass is 264 g/mol. The first-order chi connectivity index (χ1) is 9.13. The molecule has 2 rings (SSSR count). The van der Waals surface area contributed by atoms with Crippen LogP contribution >= 0.6 is 0 Å². The van der Waals surface area contributed by atoms with Crippen molar-refractivity contribution in [3.05, 3.63) is 23.8 Å². The van der Waals surface area contributed by atoms with Gasteiger partial charge >= 0.3 is 0 Å². The van der Waals surface area contributed by atoms with Crippen molar-refractivity contribution in [2.75, 3.05) is 33.9 Å². The highest BCUT2D eigenvalue weighted by Gasteiger charge is 2.22. The fourth-order valence-electron chi connectivity index (χ4n) is 2.63. The normalized spacial score (nSPS) is 17.9. The van der Waals surface area contributed by atoms with E-state index in [1.165, 1.54) is 5.56 Å². The minimum atomic E-state index is 0.294. The van der Waals surface area contributed by atoms with E-state index in [4.69, 9.17) is 15.2 Å². The molecule has 4 nitrogen and oxygen atoms in total. The number of ether oxygens (including phenoxy) is 2. The van der Waals surface area contributed by atoms with Crippen LogP contribution in [0.2, 0.25) is 0 Å². The van der Waals surface area contributed by atoms with Crippen LogP contribution in [0.15, 0.2) is 18.2 Å². The number of benzene rings is 1. The lowest BCUT2D eigenvalue weighted by Crippen LogP contribution is -2.30. The van der Waals surface area contributed by atoms with Gasteiger partial charge in [0.25, 0.3) is 0 Å².